The zero-order valence-corrected chi connectivity index (χ0v) is 17.7. The van der Waals surface area contributed by atoms with Gasteiger partial charge in [-0.25, -0.2) is 0 Å². The number of methoxy groups -OCH3 is 1. The Morgan fingerprint density at radius 1 is 1.32 bits per heavy atom. The fraction of sp³-hybridized carbons (Fsp3) is 0.611. The van der Waals surface area contributed by atoms with Crippen molar-refractivity contribution in [3.8, 4) is 11.5 Å². The van der Waals surface area contributed by atoms with Crippen LogP contribution >= 0.6 is 24.0 Å². The van der Waals surface area contributed by atoms with Crippen molar-refractivity contribution >= 4 is 29.9 Å². The molecular formula is C18H30IN3O3. The molecule has 1 aromatic carbocycles. The summed E-state index contributed by atoms with van der Waals surface area (Å²) in [5.74, 6) is 2.38. The fourth-order valence-corrected chi connectivity index (χ4v) is 2.58. The number of rotatable bonds is 8. The zero-order chi connectivity index (χ0) is 17.3. The lowest BCUT2D eigenvalue weighted by Gasteiger charge is -2.21. The molecular weight excluding hydrogens is 433 g/mol. The Hall–Kier alpha value is -1.22. The third-order valence-corrected chi connectivity index (χ3v) is 3.92. The van der Waals surface area contributed by atoms with Crippen molar-refractivity contribution in [1.82, 2.24) is 10.6 Å². The van der Waals surface area contributed by atoms with Crippen molar-refractivity contribution in [2.75, 3.05) is 40.0 Å². The van der Waals surface area contributed by atoms with E-state index < -0.39 is 0 Å². The van der Waals surface area contributed by atoms with E-state index in [-0.39, 0.29) is 29.6 Å². The Bertz CT molecular complexity index is 534. The molecule has 1 saturated heterocycles. The molecule has 7 heteroatoms. The maximum Gasteiger partial charge on any atom is 0.191 e. The molecule has 0 saturated carbocycles. The number of hydrogen-bond acceptors (Lipinski definition) is 4. The molecule has 2 rings (SSSR count). The first-order valence-electron chi connectivity index (χ1n) is 8.58. The molecule has 1 aromatic rings. The standard InChI is InChI=1S/C18H29N3O3.HI/c1-4-19-17(21-14-18(2)9-6-11-24-18)20-10-12-23-16-8-5-7-15(13-16)22-3;/h5,7-8,13H,4,6,9-12,14H2,1-3H3,(H2,19,20,21);1H. The summed E-state index contributed by atoms with van der Waals surface area (Å²) in [5, 5.41) is 6.54. The molecule has 0 spiro atoms. The van der Waals surface area contributed by atoms with Gasteiger partial charge in [0.25, 0.3) is 0 Å². The predicted octanol–water partition coefficient (Wildman–Crippen LogP) is 2.82. The normalized spacial score (nSPS) is 19.9. The summed E-state index contributed by atoms with van der Waals surface area (Å²) in [5.41, 5.74) is -0.126. The van der Waals surface area contributed by atoms with Gasteiger partial charge in [-0.2, -0.15) is 0 Å². The van der Waals surface area contributed by atoms with E-state index in [1.165, 1.54) is 0 Å². The predicted molar refractivity (Wildman–Crippen MR) is 111 cm³/mol. The summed E-state index contributed by atoms with van der Waals surface area (Å²) in [4.78, 5) is 4.63. The molecule has 1 heterocycles. The first kappa shape index (κ1) is 21.8. The molecule has 1 atom stereocenters. The molecule has 1 aliphatic rings. The zero-order valence-electron chi connectivity index (χ0n) is 15.3. The summed E-state index contributed by atoms with van der Waals surface area (Å²) < 4.78 is 16.7. The molecule has 25 heavy (non-hydrogen) atoms. The van der Waals surface area contributed by atoms with E-state index in [2.05, 4.69) is 29.5 Å². The van der Waals surface area contributed by atoms with Gasteiger partial charge in [-0.05, 0) is 38.8 Å². The highest BCUT2D eigenvalue weighted by atomic mass is 127. The number of halogens is 1. The van der Waals surface area contributed by atoms with Gasteiger partial charge in [0.15, 0.2) is 5.96 Å². The van der Waals surface area contributed by atoms with E-state index in [4.69, 9.17) is 14.2 Å². The quantitative estimate of drug-likeness (QED) is 0.269. The van der Waals surface area contributed by atoms with Gasteiger partial charge < -0.3 is 24.8 Å². The number of benzene rings is 1. The second-order valence-corrected chi connectivity index (χ2v) is 6.05. The second kappa shape index (κ2) is 11.4. The minimum Gasteiger partial charge on any atom is -0.497 e. The van der Waals surface area contributed by atoms with Crippen molar-refractivity contribution in [1.29, 1.82) is 0 Å². The first-order chi connectivity index (χ1) is 11.6. The maximum absolute atomic E-state index is 5.78. The van der Waals surface area contributed by atoms with Crippen LogP contribution in [0.1, 0.15) is 26.7 Å². The van der Waals surface area contributed by atoms with Gasteiger partial charge in [0, 0.05) is 19.2 Å². The summed E-state index contributed by atoms with van der Waals surface area (Å²) in [6.45, 7) is 7.71. The fourth-order valence-electron chi connectivity index (χ4n) is 2.58. The molecule has 1 fully saturated rings. The first-order valence-corrected chi connectivity index (χ1v) is 8.58. The molecule has 0 aromatic heterocycles. The van der Waals surface area contributed by atoms with Gasteiger partial charge >= 0.3 is 0 Å². The van der Waals surface area contributed by atoms with E-state index in [0.29, 0.717) is 19.7 Å². The lowest BCUT2D eigenvalue weighted by atomic mass is 10.0. The highest BCUT2D eigenvalue weighted by Crippen LogP contribution is 2.25. The van der Waals surface area contributed by atoms with Gasteiger partial charge in [0.1, 0.15) is 18.1 Å². The van der Waals surface area contributed by atoms with Gasteiger partial charge in [0.2, 0.25) is 0 Å². The van der Waals surface area contributed by atoms with Crippen LogP contribution in [0.3, 0.4) is 0 Å². The number of nitrogens with one attached hydrogen (secondary N) is 2. The maximum atomic E-state index is 5.78. The van der Waals surface area contributed by atoms with Crippen LogP contribution in [0.5, 0.6) is 11.5 Å². The van der Waals surface area contributed by atoms with Crippen molar-refractivity contribution in [2.24, 2.45) is 4.99 Å². The Kier molecular flexibility index (Phi) is 9.96. The Morgan fingerprint density at radius 2 is 2.12 bits per heavy atom. The monoisotopic (exact) mass is 463 g/mol. The van der Waals surface area contributed by atoms with Crippen molar-refractivity contribution in [2.45, 2.75) is 32.3 Å². The average molecular weight is 463 g/mol. The van der Waals surface area contributed by atoms with Gasteiger partial charge in [-0.3, -0.25) is 4.99 Å². The number of aliphatic imine (C=N–C) groups is 1. The molecule has 142 valence electrons. The van der Waals surface area contributed by atoms with E-state index in [0.717, 1.165) is 43.5 Å². The lowest BCUT2D eigenvalue weighted by molar-refractivity contribution is 0.0283. The Labute approximate surface area is 167 Å². The lowest BCUT2D eigenvalue weighted by Crippen LogP contribution is -2.40. The van der Waals surface area contributed by atoms with Crippen molar-refractivity contribution < 1.29 is 14.2 Å². The second-order valence-electron chi connectivity index (χ2n) is 6.05. The minimum atomic E-state index is -0.126. The van der Waals surface area contributed by atoms with Crippen LogP contribution < -0.4 is 20.1 Å². The summed E-state index contributed by atoms with van der Waals surface area (Å²) in [6, 6.07) is 7.60. The minimum absolute atomic E-state index is 0. The Morgan fingerprint density at radius 3 is 2.80 bits per heavy atom. The topological polar surface area (TPSA) is 64.1 Å². The number of guanidine groups is 1. The summed E-state index contributed by atoms with van der Waals surface area (Å²) in [7, 11) is 1.65. The van der Waals surface area contributed by atoms with Crippen LogP contribution in [0.4, 0.5) is 0 Å². The van der Waals surface area contributed by atoms with Crippen LogP contribution in [0.15, 0.2) is 29.3 Å². The van der Waals surface area contributed by atoms with Crippen LogP contribution in [0, 0.1) is 0 Å². The van der Waals surface area contributed by atoms with Gasteiger partial charge in [-0.1, -0.05) is 6.07 Å². The van der Waals surface area contributed by atoms with Crippen LogP contribution in [-0.2, 0) is 4.74 Å². The molecule has 6 nitrogen and oxygen atoms in total. The van der Waals surface area contributed by atoms with Crippen LogP contribution in [0.2, 0.25) is 0 Å². The van der Waals surface area contributed by atoms with E-state index in [1.54, 1.807) is 7.11 Å². The van der Waals surface area contributed by atoms with Crippen LogP contribution in [-0.4, -0.2) is 51.5 Å². The largest absolute Gasteiger partial charge is 0.497 e. The molecule has 1 unspecified atom stereocenters. The third-order valence-electron chi connectivity index (χ3n) is 3.92. The molecule has 0 amide bonds. The van der Waals surface area contributed by atoms with E-state index >= 15 is 0 Å². The van der Waals surface area contributed by atoms with Gasteiger partial charge in [0.05, 0.1) is 25.8 Å². The molecule has 2 N–H and O–H groups in total. The SMILES string of the molecule is CCNC(=NCC1(C)CCCO1)NCCOc1cccc(OC)c1.I. The highest BCUT2D eigenvalue weighted by Gasteiger charge is 2.29. The van der Waals surface area contributed by atoms with Crippen molar-refractivity contribution in [3.63, 3.8) is 0 Å². The van der Waals surface area contributed by atoms with E-state index in [9.17, 15) is 0 Å². The molecule has 1 aliphatic heterocycles. The Balaban J connectivity index is 0.00000312. The summed E-state index contributed by atoms with van der Waals surface area (Å²) in [6.07, 6.45) is 2.18. The highest BCUT2D eigenvalue weighted by molar-refractivity contribution is 14.0. The number of hydrogen-bond donors (Lipinski definition) is 2. The van der Waals surface area contributed by atoms with E-state index in [1.807, 2.05) is 24.3 Å². The third kappa shape index (κ3) is 7.68. The average Bonchev–Trinajstić information content (AvgIpc) is 3.03. The summed E-state index contributed by atoms with van der Waals surface area (Å²) >= 11 is 0. The van der Waals surface area contributed by atoms with Crippen LogP contribution in [0.25, 0.3) is 0 Å². The van der Waals surface area contributed by atoms with Gasteiger partial charge in [-0.15, -0.1) is 24.0 Å². The number of nitrogens with zero attached hydrogens (tertiary/aromatic N) is 1. The number of ether oxygens (including phenoxy) is 3. The molecule has 0 radical (unpaired) electrons. The van der Waals surface area contributed by atoms with Crippen molar-refractivity contribution in [3.05, 3.63) is 24.3 Å². The smallest absolute Gasteiger partial charge is 0.191 e. The molecule has 0 aliphatic carbocycles. The molecule has 0 bridgehead atoms.